The molecule has 0 aliphatic carbocycles. The van der Waals surface area contributed by atoms with Gasteiger partial charge in [0.1, 0.15) is 0 Å². The van der Waals surface area contributed by atoms with E-state index >= 15 is 0 Å². The van der Waals surface area contributed by atoms with E-state index in [-0.39, 0.29) is 0 Å². The van der Waals surface area contributed by atoms with Gasteiger partial charge in [0, 0.05) is 6.20 Å². The van der Waals surface area contributed by atoms with E-state index in [1.807, 2.05) is 6.92 Å². The summed E-state index contributed by atoms with van der Waals surface area (Å²) in [6, 6.07) is 0. The molecule has 0 atom stereocenters. The molecule has 0 spiro atoms. The van der Waals surface area contributed by atoms with E-state index in [2.05, 4.69) is 10.1 Å². The molecule has 1 aromatic rings. The van der Waals surface area contributed by atoms with Gasteiger partial charge in [-0.05, 0) is 6.92 Å². The van der Waals surface area contributed by atoms with Crippen molar-refractivity contribution >= 4 is 17.6 Å². The van der Waals surface area contributed by atoms with Crippen LogP contribution in [0.1, 0.15) is 9.88 Å². The second kappa shape index (κ2) is 2.59. The van der Waals surface area contributed by atoms with Gasteiger partial charge in [0.2, 0.25) is 0 Å². The molecule has 0 radical (unpaired) electrons. The highest BCUT2D eigenvalue weighted by Gasteiger charge is 1.91. The first-order chi connectivity index (χ1) is 4.33. The third kappa shape index (κ3) is 1.50. The second-order valence-electron chi connectivity index (χ2n) is 1.53. The highest BCUT2D eigenvalue weighted by atomic mass is 32.1. The van der Waals surface area contributed by atoms with E-state index in [1.165, 1.54) is 17.6 Å². The zero-order valence-corrected chi connectivity index (χ0v) is 5.72. The fraction of sp³-hybridized carbons (Fsp3) is 0.200. The van der Waals surface area contributed by atoms with Crippen LogP contribution in [0.25, 0.3) is 0 Å². The monoisotopic (exact) mass is 142 g/mol. The fourth-order valence-corrected chi connectivity index (χ4v) is 1.15. The smallest absolute Gasteiger partial charge is 0.0900 e. The standard InChI is InChI=1S/C5H6N2OS/c1-4-6-2-5(9-4)3-7-8/h2-3,8H,1H3/b7-3+. The maximum atomic E-state index is 8.08. The molecule has 48 valence electrons. The summed E-state index contributed by atoms with van der Waals surface area (Å²) in [7, 11) is 0. The molecule has 0 aliphatic heterocycles. The SMILES string of the molecule is Cc1ncc(/C=N/O)s1. The van der Waals surface area contributed by atoms with Crippen molar-refractivity contribution in [2.75, 3.05) is 0 Å². The Hall–Kier alpha value is -0.900. The normalized spacial score (nSPS) is 10.8. The second-order valence-corrected chi connectivity index (χ2v) is 2.79. The van der Waals surface area contributed by atoms with Crippen LogP contribution >= 0.6 is 11.3 Å². The lowest BCUT2D eigenvalue weighted by Gasteiger charge is -1.73. The first kappa shape index (κ1) is 6.22. The predicted octanol–water partition coefficient (Wildman–Crippen LogP) is 1.26. The Balaban J connectivity index is 2.85. The summed E-state index contributed by atoms with van der Waals surface area (Å²) in [5.41, 5.74) is 0. The molecule has 0 aromatic carbocycles. The summed E-state index contributed by atoms with van der Waals surface area (Å²) < 4.78 is 0. The van der Waals surface area contributed by atoms with Crippen LogP contribution in [0.4, 0.5) is 0 Å². The summed E-state index contributed by atoms with van der Waals surface area (Å²) in [6.07, 6.45) is 3.03. The van der Waals surface area contributed by atoms with E-state index in [9.17, 15) is 0 Å². The number of oxime groups is 1. The third-order valence-electron chi connectivity index (χ3n) is 0.824. The Morgan fingerprint density at radius 1 is 1.89 bits per heavy atom. The van der Waals surface area contributed by atoms with Crippen molar-refractivity contribution in [1.29, 1.82) is 0 Å². The van der Waals surface area contributed by atoms with Gasteiger partial charge in [-0.15, -0.1) is 11.3 Å². The lowest BCUT2D eigenvalue weighted by molar-refractivity contribution is 0.322. The minimum absolute atomic E-state index is 0.870. The zero-order chi connectivity index (χ0) is 6.69. The molecule has 3 nitrogen and oxygen atoms in total. The first-order valence-electron chi connectivity index (χ1n) is 2.43. The molecule has 1 rings (SSSR count). The topological polar surface area (TPSA) is 45.5 Å². The minimum Gasteiger partial charge on any atom is -0.411 e. The molecule has 1 heterocycles. The number of hydrogen-bond donors (Lipinski definition) is 1. The van der Waals surface area contributed by atoms with Gasteiger partial charge < -0.3 is 5.21 Å². The molecule has 0 aliphatic rings. The van der Waals surface area contributed by atoms with Crippen molar-refractivity contribution in [2.24, 2.45) is 5.16 Å². The quantitative estimate of drug-likeness (QED) is 0.364. The molecule has 1 N–H and O–H groups in total. The van der Waals surface area contributed by atoms with E-state index < -0.39 is 0 Å². The summed E-state index contributed by atoms with van der Waals surface area (Å²) >= 11 is 1.49. The Morgan fingerprint density at radius 2 is 2.67 bits per heavy atom. The molecule has 0 unspecified atom stereocenters. The zero-order valence-electron chi connectivity index (χ0n) is 4.90. The molecular weight excluding hydrogens is 136 g/mol. The van der Waals surface area contributed by atoms with Crippen molar-refractivity contribution in [1.82, 2.24) is 4.98 Å². The maximum absolute atomic E-state index is 8.08. The van der Waals surface area contributed by atoms with Crippen molar-refractivity contribution in [3.05, 3.63) is 16.1 Å². The molecule has 9 heavy (non-hydrogen) atoms. The summed E-state index contributed by atoms with van der Waals surface area (Å²) in [4.78, 5) is 4.82. The molecule has 0 bridgehead atoms. The molecular formula is C5H6N2OS. The van der Waals surface area contributed by atoms with E-state index in [0.717, 1.165) is 9.88 Å². The first-order valence-corrected chi connectivity index (χ1v) is 3.24. The molecule has 1 aromatic heterocycles. The molecule has 0 saturated heterocycles. The molecule has 4 heteroatoms. The van der Waals surface area contributed by atoms with Crippen molar-refractivity contribution < 1.29 is 5.21 Å². The van der Waals surface area contributed by atoms with Gasteiger partial charge in [-0.25, -0.2) is 4.98 Å². The van der Waals surface area contributed by atoms with Crippen molar-refractivity contribution in [2.45, 2.75) is 6.92 Å². The molecule has 0 saturated carbocycles. The predicted molar refractivity (Wildman–Crippen MR) is 36.2 cm³/mol. The lowest BCUT2D eigenvalue weighted by atomic mass is 10.6. The Labute approximate surface area is 56.7 Å². The van der Waals surface area contributed by atoms with Crippen LogP contribution in [-0.4, -0.2) is 16.4 Å². The highest BCUT2D eigenvalue weighted by molar-refractivity contribution is 7.13. The van der Waals surface area contributed by atoms with E-state index in [0.29, 0.717) is 0 Å². The van der Waals surface area contributed by atoms with Crippen LogP contribution in [0.5, 0.6) is 0 Å². The minimum atomic E-state index is 0.870. The average molecular weight is 142 g/mol. The Morgan fingerprint density at radius 3 is 3.11 bits per heavy atom. The lowest BCUT2D eigenvalue weighted by Crippen LogP contribution is -1.68. The van der Waals surface area contributed by atoms with Crippen LogP contribution in [0.3, 0.4) is 0 Å². The number of aryl methyl sites for hydroxylation is 1. The van der Waals surface area contributed by atoms with Crippen LogP contribution < -0.4 is 0 Å². The maximum Gasteiger partial charge on any atom is 0.0900 e. The van der Waals surface area contributed by atoms with E-state index in [1.54, 1.807) is 6.20 Å². The molecule has 0 amide bonds. The van der Waals surface area contributed by atoms with Gasteiger partial charge in [-0.2, -0.15) is 0 Å². The van der Waals surface area contributed by atoms with Crippen LogP contribution in [0, 0.1) is 6.92 Å². The van der Waals surface area contributed by atoms with Gasteiger partial charge >= 0.3 is 0 Å². The summed E-state index contributed by atoms with van der Waals surface area (Å²) in [5, 5.41) is 11.9. The van der Waals surface area contributed by atoms with E-state index in [4.69, 9.17) is 5.21 Å². The van der Waals surface area contributed by atoms with Crippen LogP contribution in [0.15, 0.2) is 11.4 Å². The van der Waals surface area contributed by atoms with Gasteiger partial charge in [0.25, 0.3) is 0 Å². The Bertz CT molecular complexity index is 218. The van der Waals surface area contributed by atoms with Gasteiger partial charge in [0.05, 0.1) is 16.1 Å². The summed E-state index contributed by atoms with van der Waals surface area (Å²) in [6.45, 7) is 1.90. The average Bonchev–Trinajstić information content (AvgIpc) is 2.17. The van der Waals surface area contributed by atoms with Crippen LogP contribution in [-0.2, 0) is 0 Å². The molecule has 0 fully saturated rings. The number of hydrogen-bond acceptors (Lipinski definition) is 4. The van der Waals surface area contributed by atoms with Gasteiger partial charge in [-0.1, -0.05) is 5.16 Å². The number of rotatable bonds is 1. The van der Waals surface area contributed by atoms with Crippen molar-refractivity contribution in [3.63, 3.8) is 0 Å². The fourth-order valence-electron chi connectivity index (χ4n) is 0.494. The third-order valence-corrected chi connectivity index (χ3v) is 1.67. The Kier molecular flexibility index (Phi) is 1.79. The van der Waals surface area contributed by atoms with Gasteiger partial charge in [-0.3, -0.25) is 0 Å². The number of nitrogens with zero attached hydrogens (tertiary/aromatic N) is 2. The number of thiazole rings is 1. The van der Waals surface area contributed by atoms with Gasteiger partial charge in [0.15, 0.2) is 0 Å². The van der Waals surface area contributed by atoms with Crippen molar-refractivity contribution in [3.8, 4) is 0 Å². The largest absolute Gasteiger partial charge is 0.411 e. The highest BCUT2D eigenvalue weighted by Crippen LogP contribution is 2.07. The summed E-state index contributed by atoms with van der Waals surface area (Å²) in [5.74, 6) is 0. The number of aromatic nitrogens is 1. The van der Waals surface area contributed by atoms with Crippen LogP contribution in [0.2, 0.25) is 0 Å².